The molecule has 0 bridgehead atoms. The smallest absolute Gasteiger partial charge is 0.256 e. The summed E-state index contributed by atoms with van der Waals surface area (Å²) in [5.74, 6) is -1.44. The van der Waals surface area contributed by atoms with Gasteiger partial charge in [0, 0.05) is 16.4 Å². The molecular formula is C17H12BrF2N3O. The van der Waals surface area contributed by atoms with Gasteiger partial charge < -0.3 is 5.32 Å². The lowest BCUT2D eigenvalue weighted by atomic mass is 10.2. The summed E-state index contributed by atoms with van der Waals surface area (Å²) < 4.78 is 29.1. The summed E-state index contributed by atoms with van der Waals surface area (Å²) in [4.78, 5) is 12.2. The van der Waals surface area contributed by atoms with Crippen molar-refractivity contribution >= 4 is 27.5 Å². The number of aromatic nitrogens is 2. The SMILES string of the molecule is Cc1cnn(-c2ccc(NC(=O)c3ccc(F)cc3Br)cc2F)c1. The molecule has 0 aliphatic carbocycles. The van der Waals surface area contributed by atoms with Gasteiger partial charge in [0.05, 0.1) is 11.8 Å². The number of nitrogens with one attached hydrogen (secondary N) is 1. The Balaban J connectivity index is 1.83. The van der Waals surface area contributed by atoms with E-state index in [9.17, 15) is 13.6 Å². The monoisotopic (exact) mass is 391 g/mol. The van der Waals surface area contributed by atoms with Crippen LogP contribution in [-0.2, 0) is 0 Å². The summed E-state index contributed by atoms with van der Waals surface area (Å²) in [5.41, 5.74) is 1.74. The van der Waals surface area contributed by atoms with Crippen molar-refractivity contribution in [3.05, 3.63) is 76.0 Å². The molecule has 0 aliphatic heterocycles. The number of carbonyl (C=O) groups is 1. The number of halogens is 3. The molecule has 24 heavy (non-hydrogen) atoms. The number of benzene rings is 2. The highest BCUT2D eigenvalue weighted by Crippen LogP contribution is 2.22. The Labute approximate surface area is 145 Å². The number of nitrogens with zero attached hydrogens (tertiary/aromatic N) is 2. The lowest BCUT2D eigenvalue weighted by Crippen LogP contribution is -2.13. The fourth-order valence-electron chi connectivity index (χ4n) is 2.19. The molecule has 1 aromatic heterocycles. The zero-order valence-corrected chi connectivity index (χ0v) is 14.1. The number of carbonyl (C=O) groups excluding carboxylic acids is 1. The molecule has 0 fully saturated rings. The predicted octanol–water partition coefficient (Wildman–Crippen LogP) is 4.47. The van der Waals surface area contributed by atoms with E-state index < -0.39 is 17.5 Å². The largest absolute Gasteiger partial charge is 0.322 e. The number of hydrogen-bond acceptors (Lipinski definition) is 2. The van der Waals surface area contributed by atoms with E-state index in [1.807, 2.05) is 6.92 Å². The van der Waals surface area contributed by atoms with Crippen LogP contribution in [0.4, 0.5) is 14.5 Å². The van der Waals surface area contributed by atoms with Gasteiger partial charge in [0.2, 0.25) is 0 Å². The highest BCUT2D eigenvalue weighted by atomic mass is 79.9. The Kier molecular flexibility index (Phi) is 4.44. The molecule has 1 heterocycles. The van der Waals surface area contributed by atoms with Crippen molar-refractivity contribution in [1.29, 1.82) is 0 Å². The Bertz CT molecular complexity index is 924. The van der Waals surface area contributed by atoms with Gasteiger partial charge >= 0.3 is 0 Å². The van der Waals surface area contributed by atoms with Crippen LogP contribution < -0.4 is 5.32 Å². The van der Waals surface area contributed by atoms with Crippen LogP contribution in [-0.4, -0.2) is 15.7 Å². The van der Waals surface area contributed by atoms with Crippen molar-refractivity contribution in [3.8, 4) is 5.69 Å². The molecule has 3 aromatic rings. The zero-order valence-electron chi connectivity index (χ0n) is 12.6. The van der Waals surface area contributed by atoms with E-state index in [4.69, 9.17) is 0 Å². The van der Waals surface area contributed by atoms with E-state index in [2.05, 4.69) is 26.3 Å². The summed E-state index contributed by atoms with van der Waals surface area (Å²) in [5, 5.41) is 6.63. The van der Waals surface area contributed by atoms with Crippen LogP contribution in [0.5, 0.6) is 0 Å². The van der Waals surface area contributed by atoms with Gasteiger partial charge in [0.25, 0.3) is 5.91 Å². The van der Waals surface area contributed by atoms with Crippen LogP contribution in [0.1, 0.15) is 15.9 Å². The third kappa shape index (κ3) is 3.35. The molecule has 2 aromatic carbocycles. The molecule has 122 valence electrons. The Morgan fingerprint density at radius 3 is 2.62 bits per heavy atom. The highest BCUT2D eigenvalue weighted by molar-refractivity contribution is 9.10. The van der Waals surface area contributed by atoms with Crippen molar-refractivity contribution < 1.29 is 13.6 Å². The third-order valence-electron chi connectivity index (χ3n) is 3.34. The zero-order chi connectivity index (χ0) is 17.3. The molecule has 4 nitrogen and oxygen atoms in total. The average Bonchev–Trinajstić information content (AvgIpc) is 2.93. The molecule has 0 saturated carbocycles. The van der Waals surface area contributed by atoms with Gasteiger partial charge in [-0.15, -0.1) is 0 Å². The number of anilines is 1. The van der Waals surface area contributed by atoms with Gasteiger partial charge in [-0.05, 0) is 64.8 Å². The Morgan fingerprint density at radius 1 is 1.21 bits per heavy atom. The lowest BCUT2D eigenvalue weighted by molar-refractivity contribution is 0.102. The third-order valence-corrected chi connectivity index (χ3v) is 4.00. The second-order valence-electron chi connectivity index (χ2n) is 5.21. The van der Waals surface area contributed by atoms with E-state index in [0.717, 1.165) is 5.56 Å². The van der Waals surface area contributed by atoms with Crippen molar-refractivity contribution in [3.63, 3.8) is 0 Å². The molecule has 0 unspecified atom stereocenters. The van der Waals surface area contributed by atoms with E-state index in [1.165, 1.54) is 35.0 Å². The van der Waals surface area contributed by atoms with Crippen molar-refractivity contribution in [1.82, 2.24) is 9.78 Å². The van der Waals surface area contributed by atoms with Crippen molar-refractivity contribution in [2.45, 2.75) is 6.92 Å². The van der Waals surface area contributed by atoms with Gasteiger partial charge in [-0.2, -0.15) is 5.10 Å². The minimum Gasteiger partial charge on any atom is -0.322 e. The normalized spacial score (nSPS) is 10.7. The molecule has 0 saturated heterocycles. The fraction of sp³-hybridized carbons (Fsp3) is 0.0588. The summed E-state index contributed by atoms with van der Waals surface area (Å²) in [6.07, 6.45) is 3.33. The molecule has 0 aliphatic rings. The van der Waals surface area contributed by atoms with Gasteiger partial charge in [-0.1, -0.05) is 0 Å². The minimum absolute atomic E-state index is 0.253. The summed E-state index contributed by atoms with van der Waals surface area (Å²) in [6, 6.07) is 8.04. The molecule has 1 N–H and O–H groups in total. The van der Waals surface area contributed by atoms with E-state index in [1.54, 1.807) is 18.5 Å². The Hall–Kier alpha value is -2.54. The van der Waals surface area contributed by atoms with Crippen LogP contribution in [0.3, 0.4) is 0 Å². The molecule has 1 amide bonds. The summed E-state index contributed by atoms with van der Waals surface area (Å²) in [7, 11) is 0. The standard InChI is InChI=1S/C17H12BrF2N3O/c1-10-8-21-23(9-10)16-5-3-12(7-15(16)20)22-17(24)13-4-2-11(19)6-14(13)18/h2-9H,1H3,(H,22,24). The van der Waals surface area contributed by atoms with E-state index in [-0.39, 0.29) is 11.3 Å². The van der Waals surface area contributed by atoms with Crippen molar-refractivity contribution in [2.24, 2.45) is 0 Å². The van der Waals surface area contributed by atoms with Gasteiger partial charge in [0.1, 0.15) is 11.5 Å². The number of hydrogen-bond donors (Lipinski definition) is 1. The molecule has 7 heteroatoms. The van der Waals surface area contributed by atoms with Gasteiger partial charge in [-0.25, -0.2) is 13.5 Å². The first-order chi connectivity index (χ1) is 11.4. The number of aryl methyl sites for hydroxylation is 1. The minimum atomic E-state index is -0.519. The molecule has 0 spiro atoms. The molecule has 0 radical (unpaired) electrons. The molecule has 3 rings (SSSR count). The maximum Gasteiger partial charge on any atom is 0.256 e. The average molecular weight is 392 g/mol. The Morgan fingerprint density at radius 2 is 2.00 bits per heavy atom. The van der Waals surface area contributed by atoms with Crippen LogP contribution in [0, 0.1) is 18.6 Å². The van der Waals surface area contributed by atoms with Crippen LogP contribution >= 0.6 is 15.9 Å². The van der Waals surface area contributed by atoms with Crippen molar-refractivity contribution in [2.75, 3.05) is 5.32 Å². The fourth-order valence-corrected chi connectivity index (χ4v) is 2.72. The first kappa shape index (κ1) is 16.3. The number of rotatable bonds is 3. The summed E-state index contributed by atoms with van der Waals surface area (Å²) >= 11 is 3.13. The van der Waals surface area contributed by atoms with Gasteiger partial charge in [-0.3, -0.25) is 4.79 Å². The second kappa shape index (κ2) is 6.52. The van der Waals surface area contributed by atoms with Crippen LogP contribution in [0.25, 0.3) is 5.69 Å². The van der Waals surface area contributed by atoms with E-state index in [0.29, 0.717) is 10.2 Å². The van der Waals surface area contributed by atoms with Crippen LogP contribution in [0.2, 0.25) is 0 Å². The topological polar surface area (TPSA) is 46.9 Å². The molecular weight excluding hydrogens is 380 g/mol. The lowest BCUT2D eigenvalue weighted by Gasteiger charge is -2.09. The van der Waals surface area contributed by atoms with E-state index >= 15 is 0 Å². The second-order valence-corrected chi connectivity index (χ2v) is 6.06. The first-order valence-corrected chi connectivity index (χ1v) is 7.81. The quantitative estimate of drug-likeness (QED) is 0.715. The maximum atomic E-state index is 14.3. The number of amides is 1. The summed E-state index contributed by atoms with van der Waals surface area (Å²) in [6.45, 7) is 1.86. The predicted molar refractivity (Wildman–Crippen MR) is 90.3 cm³/mol. The van der Waals surface area contributed by atoms with Crippen LogP contribution in [0.15, 0.2) is 53.3 Å². The highest BCUT2D eigenvalue weighted by Gasteiger charge is 2.13. The first-order valence-electron chi connectivity index (χ1n) is 7.01. The molecule has 0 atom stereocenters. The maximum absolute atomic E-state index is 14.3. The van der Waals surface area contributed by atoms with Gasteiger partial charge in [0.15, 0.2) is 5.82 Å².